The maximum absolute atomic E-state index is 12.3. The molecule has 3 aromatic rings. The molecule has 0 bridgehead atoms. The van der Waals surface area contributed by atoms with Crippen LogP contribution in [0.5, 0.6) is 0 Å². The Labute approximate surface area is 244 Å². The molecule has 0 saturated carbocycles. The molecule has 4 heterocycles. The Morgan fingerprint density at radius 2 is 2.02 bits per heavy atom. The maximum Gasteiger partial charge on any atom is 0.273 e. The van der Waals surface area contributed by atoms with E-state index in [-0.39, 0.29) is 29.8 Å². The van der Waals surface area contributed by atoms with Crippen molar-refractivity contribution in [2.45, 2.75) is 51.7 Å². The number of aromatic nitrogens is 6. The van der Waals surface area contributed by atoms with Gasteiger partial charge in [-0.2, -0.15) is 0 Å². The lowest BCUT2D eigenvalue weighted by Gasteiger charge is -2.47. The number of nitrogens with two attached hydrogens (primary N) is 1. The number of nitrogens with zero attached hydrogens (tertiary/aromatic N) is 8. The summed E-state index contributed by atoms with van der Waals surface area (Å²) in [7, 11) is 0. The Hall–Kier alpha value is -3.39. The predicted molar refractivity (Wildman–Crippen MR) is 157 cm³/mol. The van der Waals surface area contributed by atoms with E-state index in [1.807, 2.05) is 0 Å². The fourth-order valence-electron chi connectivity index (χ4n) is 5.92. The highest BCUT2D eigenvalue weighted by atomic mass is 35.5. The number of nitrogens with one attached hydrogen (secondary N) is 2. The molecule has 41 heavy (non-hydrogen) atoms. The second-order valence-electron chi connectivity index (χ2n) is 10.7. The van der Waals surface area contributed by atoms with Gasteiger partial charge in [0.15, 0.2) is 28.3 Å². The second kappa shape index (κ2) is 13.1. The minimum absolute atomic E-state index is 0.0268. The molecule has 2 aliphatic rings. The summed E-state index contributed by atoms with van der Waals surface area (Å²) in [5, 5.41) is 26.2. The minimum atomic E-state index is -0.506. The largest absolute Gasteiger partial charge is 0.395 e. The number of aliphatic hydroxyl groups is 1. The van der Waals surface area contributed by atoms with Crippen molar-refractivity contribution in [2.75, 3.05) is 56.5 Å². The molecule has 13 nitrogen and oxygen atoms in total. The highest BCUT2D eigenvalue weighted by Crippen LogP contribution is 2.30. The summed E-state index contributed by atoms with van der Waals surface area (Å²) in [6.45, 7) is 9.53. The molecule has 2 fully saturated rings. The second-order valence-corrected chi connectivity index (χ2v) is 11.1. The number of halogens is 1. The molecule has 1 atom stereocenters. The summed E-state index contributed by atoms with van der Waals surface area (Å²) in [5.41, 5.74) is 9.52. The Morgan fingerprint density at radius 3 is 2.73 bits per heavy atom. The van der Waals surface area contributed by atoms with E-state index in [1.165, 1.54) is 11.1 Å². The van der Waals surface area contributed by atoms with Crippen molar-refractivity contribution >= 4 is 29.1 Å². The van der Waals surface area contributed by atoms with E-state index in [0.717, 1.165) is 64.1 Å². The first-order chi connectivity index (χ1) is 19.9. The van der Waals surface area contributed by atoms with Crippen LogP contribution >= 0.6 is 11.6 Å². The number of benzene rings is 1. The van der Waals surface area contributed by atoms with Crippen molar-refractivity contribution in [3.63, 3.8) is 0 Å². The molecule has 14 heteroatoms. The number of amides is 1. The van der Waals surface area contributed by atoms with Gasteiger partial charge in [0.1, 0.15) is 0 Å². The first kappa shape index (κ1) is 29.1. The minimum Gasteiger partial charge on any atom is -0.395 e. The van der Waals surface area contributed by atoms with E-state index >= 15 is 0 Å². The fraction of sp³-hybridized carbons (Fsp3) is 0.556. The van der Waals surface area contributed by atoms with Gasteiger partial charge in [-0.3, -0.25) is 14.6 Å². The summed E-state index contributed by atoms with van der Waals surface area (Å²) in [4.78, 5) is 28.3. The van der Waals surface area contributed by atoms with Crippen molar-refractivity contribution in [1.29, 1.82) is 0 Å². The molecule has 1 amide bonds. The van der Waals surface area contributed by atoms with E-state index in [1.54, 1.807) is 0 Å². The van der Waals surface area contributed by atoms with Gasteiger partial charge in [-0.25, -0.2) is 15.1 Å². The Balaban J connectivity index is 1.20. The molecule has 1 aromatic carbocycles. The number of carbonyl (C=O) groups excluding carboxylic acids is 1. The van der Waals surface area contributed by atoms with E-state index in [2.05, 4.69) is 82.7 Å². The number of aryl methyl sites for hydroxylation is 1. The van der Waals surface area contributed by atoms with Crippen LogP contribution in [0, 0.1) is 6.92 Å². The summed E-state index contributed by atoms with van der Waals surface area (Å²) in [5.74, 6) is 0.729. The van der Waals surface area contributed by atoms with Crippen LogP contribution in [-0.4, -0.2) is 109 Å². The van der Waals surface area contributed by atoms with Crippen molar-refractivity contribution in [3.05, 3.63) is 40.2 Å². The van der Waals surface area contributed by atoms with Crippen LogP contribution in [-0.2, 0) is 6.54 Å². The van der Waals surface area contributed by atoms with Gasteiger partial charge in [0.25, 0.3) is 5.91 Å². The predicted octanol–water partition coefficient (Wildman–Crippen LogP) is 1.49. The molecule has 2 aromatic heterocycles. The van der Waals surface area contributed by atoms with E-state index in [4.69, 9.17) is 22.4 Å². The number of hydrogen-bond acceptors (Lipinski definition) is 11. The topological polar surface area (TPSA) is 165 Å². The monoisotopic (exact) mass is 583 g/mol. The van der Waals surface area contributed by atoms with Gasteiger partial charge in [-0.15, -0.1) is 5.10 Å². The van der Waals surface area contributed by atoms with Crippen LogP contribution in [0.1, 0.15) is 47.8 Å². The number of rotatable bonds is 9. The summed E-state index contributed by atoms with van der Waals surface area (Å²) >= 11 is 6.49. The third kappa shape index (κ3) is 6.58. The zero-order valence-corrected chi connectivity index (χ0v) is 24.3. The van der Waals surface area contributed by atoms with Gasteiger partial charge in [-0.05, 0) is 61.3 Å². The lowest BCUT2D eigenvalue weighted by Crippen LogP contribution is -2.58. The van der Waals surface area contributed by atoms with Gasteiger partial charge in [-0.1, -0.05) is 36.2 Å². The fourth-order valence-corrected chi connectivity index (χ4v) is 6.16. The van der Waals surface area contributed by atoms with Gasteiger partial charge in [0.2, 0.25) is 0 Å². The third-order valence-electron chi connectivity index (χ3n) is 8.06. The number of carbonyl (C=O) groups is 1. The molecular weight excluding hydrogens is 546 g/mol. The SMILES string of the molecule is CC[C@H]1CN(c2nc(N)c(C(=O)NCCO)nc2Cl)CCN1C1CCN(Cc2ccc(C)cc2-c2nnn[nH]2)CC1. The molecule has 2 aliphatic heterocycles. The normalized spacial score (nSPS) is 19.0. The molecule has 5 N–H and O–H groups in total. The molecule has 5 rings (SSSR count). The Bertz CT molecular complexity index is 1330. The smallest absolute Gasteiger partial charge is 0.273 e. The number of H-pyrrole nitrogens is 1. The quantitative estimate of drug-likeness (QED) is 0.288. The van der Waals surface area contributed by atoms with Crippen molar-refractivity contribution in [2.24, 2.45) is 0 Å². The Kier molecular flexibility index (Phi) is 9.28. The first-order valence-corrected chi connectivity index (χ1v) is 14.5. The lowest BCUT2D eigenvalue weighted by atomic mass is 9.97. The molecule has 0 unspecified atom stereocenters. The number of piperazine rings is 1. The highest BCUT2D eigenvalue weighted by Gasteiger charge is 2.34. The van der Waals surface area contributed by atoms with Gasteiger partial charge in [0, 0.05) is 50.4 Å². The number of anilines is 2. The molecule has 0 spiro atoms. The third-order valence-corrected chi connectivity index (χ3v) is 8.31. The number of likely N-dealkylation sites (tertiary alicyclic amines) is 1. The van der Waals surface area contributed by atoms with Crippen LogP contribution < -0.4 is 16.0 Å². The summed E-state index contributed by atoms with van der Waals surface area (Å²) < 4.78 is 0. The van der Waals surface area contributed by atoms with E-state index in [9.17, 15) is 4.79 Å². The molecular formula is C27H38ClN11O2. The van der Waals surface area contributed by atoms with E-state index in [0.29, 0.717) is 23.7 Å². The first-order valence-electron chi connectivity index (χ1n) is 14.2. The van der Waals surface area contributed by atoms with Crippen LogP contribution in [0.4, 0.5) is 11.6 Å². The lowest BCUT2D eigenvalue weighted by molar-refractivity contribution is 0.0611. The van der Waals surface area contributed by atoms with Crippen LogP contribution in [0.15, 0.2) is 18.2 Å². The van der Waals surface area contributed by atoms with E-state index < -0.39 is 5.91 Å². The average molecular weight is 584 g/mol. The van der Waals surface area contributed by atoms with Crippen molar-refractivity contribution in [1.82, 2.24) is 45.7 Å². The zero-order valence-electron chi connectivity index (χ0n) is 23.6. The molecule has 2 saturated heterocycles. The highest BCUT2D eigenvalue weighted by molar-refractivity contribution is 6.32. The summed E-state index contributed by atoms with van der Waals surface area (Å²) in [6.07, 6.45) is 3.20. The number of hydrogen-bond donors (Lipinski definition) is 4. The molecule has 220 valence electrons. The van der Waals surface area contributed by atoms with Crippen molar-refractivity contribution < 1.29 is 9.90 Å². The maximum atomic E-state index is 12.3. The van der Waals surface area contributed by atoms with Gasteiger partial charge >= 0.3 is 0 Å². The van der Waals surface area contributed by atoms with Crippen LogP contribution in [0.25, 0.3) is 11.4 Å². The number of aromatic amines is 1. The van der Waals surface area contributed by atoms with Crippen LogP contribution in [0.2, 0.25) is 5.15 Å². The number of nitrogen functional groups attached to an aromatic ring is 1. The number of tetrazole rings is 1. The zero-order chi connectivity index (χ0) is 28.9. The van der Waals surface area contributed by atoms with Crippen molar-refractivity contribution in [3.8, 4) is 11.4 Å². The average Bonchev–Trinajstić information content (AvgIpc) is 3.53. The van der Waals surface area contributed by atoms with Gasteiger partial charge in [0.05, 0.1) is 6.61 Å². The number of piperidine rings is 1. The molecule has 0 aliphatic carbocycles. The van der Waals surface area contributed by atoms with Crippen LogP contribution in [0.3, 0.4) is 0 Å². The molecule has 0 radical (unpaired) electrons. The Morgan fingerprint density at radius 1 is 1.22 bits per heavy atom. The standard InChI is InChI=1S/C27H38ClN11O2/c1-3-19-16-38(26-23(28)31-22(24(29)32-26)27(41)30-8-13-40)11-12-39(19)20-6-9-37(10-7-20)15-18-5-4-17(2)14-21(18)25-33-35-36-34-25/h4-5,14,19-20,40H,3,6-13,15-16H2,1-2H3,(H2,29,32)(H,30,41)(H,33,34,35,36)/t19-/m0/s1. The van der Waals surface area contributed by atoms with Gasteiger partial charge < -0.3 is 21.1 Å². The number of aliphatic hydroxyl groups excluding tert-OH is 1. The summed E-state index contributed by atoms with van der Waals surface area (Å²) in [6, 6.07) is 7.32.